The molecule has 0 radical (unpaired) electrons. The van der Waals surface area contributed by atoms with Gasteiger partial charge in [0.25, 0.3) is 0 Å². The predicted molar refractivity (Wildman–Crippen MR) is 97.9 cm³/mol. The molecule has 1 aromatic carbocycles. The number of nitrogens with two attached hydrogens (primary N) is 1. The second-order valence-electron chi connectivity index (χ2n) is 6.45. The maximum atomic E-state index is 12.6. The fraction of sp³-hybridized carbons (Fsp3) is 0.333. The van der Waals surface area contributed by atoms with Crippen LogP contribution in [0.2, 0.25) is 5.02 Å². The summed E-state index contributed by atoms with van der Waals surface area (Å²) in [5, 5.41) is 0.651. The SMILES string of the molecule is C=C1C[N+](=O)C(N)(c2ccc(-c3ccc(Cl)cc3)o2)N1CCN(C)C. The van der Waals surface area contributed by atoms with Crippen molar-refractivity contribution >= 4 is 11.6 Å². The molecule has 6 nitrogen and oxygen atoms in total. The number of benzene rings is 1. The third-order valence-corrected chi connectivity index (χ3v) is 4.62. The van der Waals surface area contributed by atoms with Gasteiger partial charge in [0, 0.05) is 28.6 Å². The van der Waals surface area contributed by atoms with Crippen molar-refractivity contribution in [2.24, 2.45) is 5.73 Å². The van der Waals surface area contributed by atoms with Crippen LogP contribution in [-0.2, 0) is 5.79 Å². The van der Waals surface area contributed by atoms with Gasteiger partial charge < -0.3 is 9.32 Å². The first kappa shape index (κ1) is 17.7. The summed E-state index contributed by atoms with van der Waals surface area (Å²) in [6.45, 7) is 5.47. The van der Waals surface area contributed by atoms with Crippen molar-refractivity contribution in [3.63, 3.8) is 0 Å². The zero-order chi connectivity index (χ0) is 18.2. The summed E-state index contributed by atoms with van der Waals surface area (Å²) >= 11 is 5.93. The Morgan fingerprint density at radius 1 is 1.32 bits per heavy atom. The molecule has 2 heterocycles. The van der Waals surface area contributed by atoms with E-state index in [0.717, 1.165) is 16.9 Å². The van der Waals surface area contributed by atoms with Gasteiger partial charge in [0.2, 0.25) is 12.3 Å². The number of rotatable bonds is 5. The smallest absolute Gasteiger partial charge is 0.402 e. The molecule has 1 unspecified atom stereocenters. The molecular formula is C18H22ClN4O2+. The van der Waals surface area contributed by atoms with E-state index in [1.807, 2.05) is 42.1 Å². The molecule has 0 saturated carbocycles. The molecule has 1 aliphatic rings. The van der Waals surface area contributed by atoms with Crippen LogP contribution >= 0.6 is 11.6 Å². The number of likely N-dealkylation sites (N-methyl/N-ethyl adjacent to an activating group) is 1. The maximum Gasteiger partial charge on any atom is 0.402 e. The van der Waals surface area contributed by atoms with E-state index in [1.54, 1.807) is 18.2 Å². The first-order chi connectivity index (χ1) is 11.8. The number of nitroso groups, excluding NO2 is 1. The van der Waals surface area contributed by atoms with Gasteiger partial charge >= 0.3 is 5.79 Å². The van der Waals surface area contributed by atoms with Crippen LogP contribution in [0.25, 0.3) is 11.3 Å². The van der Waals surface area contributed by atoms with Gasteiger partial charge in [0.1, 0.15) is 5.76 Å². The maximum absolute atomic E-state index is 12.6. The number of hydrogen-bond donors (Lipinski definition) is 1. The van der Waals surface area contributed by atoms with Crippen molar-refractivity contribution in [3.8, 4) is 11.3 Å². The molecule has 1 aliphatic heterocycles. The van der Waals surface area contributed by atoms with Crippen LogP contribution in [0.4, 0.5) is 0 Å². The molecule has 0 bridgehead atoms. The number of hydrogen-bond acceptors (Lipinski definition) is 5. The zero-order valence-corrected chi connectivity index (χ0v) is 15.2. The molecule has 132 valence electrons. The Balaban J connectivity index is 1.94. The topological polar surface area (TPSA) is 65.7 Å². The molecule has 1 fully saturated rings. The van der Waals surface area contributed by atoms with Gasteiger partial charge in [-0.05, 0) is 50.5 Å². The van der Waals surface area contributed by atoms with Crippen molar-refractivity contribution < 1.29 is 9.18 Å². The lowest BCUT2D eigenvalue weighted by Gasteiger charge is -2.27. The minimum Gasteiger partial charge on any atom is -0.450 e. The Morgan fingerprint density at radius 2 is 2.00 bits per heavy atom. The second kappa shape index (κ2) is 6.63. The van der Waals surface area contributed by atoms with E-state index in [1.165, 1.54) is 0 Å². The van der Waals surface area contributed by atoms with Gasteiger partial charge in [0.15, 0.2) is 0 Å². The second-order valence-corrected chi connectivity index (χ2v) is 6.89. The Morgan fingerprint density at radius 3 is 2.64 bits per heavy atom. The minimum absolute atomic E-state index is 0.154. The van der Waals surface area contributed by atoms with Crippen molar-refractivity contribution in [1.82, 2.24) is 9.80 Å². The lowest BCUT2D eigenvalue weighted by Crippen LogP contribution is -2.54. The molecule has 0 aliphatic carbocycles. The summed E-state index contributed by atoms with van der Waals surface area (Å²) in [7, 11) is 3.94. The van der Waals surface area contributed by atoms with E-state index in [-0.39, 0.29) is 6.54 Å². The fourth-order valence-corrected chi connectivity index (χ4v) is 3.06. The third kappa shape index (κ3) is 3.20. The molecule has 1 saturated heterocycles. The van der Waals surface area contributed by atoms with E-state index in [2.05, 4.69) is 6.58 Å². The minimum atomic E-state index is -1.39. The van der Waals surface area contributed by atoms with Crippen LogP contribution in [0.5, 0.6) is 0 Å². The molecule has 0 spiro atoms. The summed E-state index contributed by atoms with van der Waals surface area (Å²) in [6.07, 6.45) is 0. The molecule has 2 N–H and O–H groups in total. The predicted octanol–water partition coefficient (Wildman–Crippen LogP) is 2.84. The first-order valence-corrected chi connectivity index (χ1v) is 8.40. The number of furan rings is 1. The van der Waals surface area contributed by atoms with Crippen LogP contribution in [0.1, 0.15) is 5.76 Å². The fourth-order valence-electron chi connectivity index (χ4n) is 2.94. The Labute approximate surface area is 152 Å². The summed E-state index contributed by atoms with van der Waals surface area (Å²) < 4.78 is 6.76. The monoisotopic (exact) mass is 361 g/mol. The molecule has 7 heteroatoms. The molecule has 0 amide bonds. The highest BCUT2D eigenvalue weighted by atomic mass is 35.5. The highest BCUT2D eigenvalue weighted by Gasteiger charge is 2.58. The van der Waals surface area contributed by atoms with Crippen LogP contribution in [0.15, 0.2) is 53.1 Å². The summed E-state index contributed by atoms with van der Waals surface area (Å²) in [4.78, 5) is 16.4. The Kier molecular flexibility index (Phi) is 4.69. The molecule has 25 heavy (non-hydrogen) atoms. The van der Waals surface area contributed by atoms with E-state index in [0.29, 0.717) is 28.8 Å². The first-order valence-electron chi connectivity index (χ1n) is 8.02. The summed E-state index contributed by atoms with van der Waals surface area (Å²) in [6, 6.07) is 10.9. The highest BCUT2D eigenvalue weighted by Crippen LogP contribution is 2.36. The molecule has 3 rings (SSSR count). The van der Waals surface area contributed by atoms with Gasteiger partial charge in [0.05, 0.1) is 10.5 Å². The van der Waals surface area contributed by atoms with Gasteiger partial charge in [-0.15, -0.1) is 0 Å². The highest BCUT2D eigenvalue weighted by molar-refractivity contribution is 6.30. The van der Waals surface area contributed by atoms with Gasteiger partial charge in [-0.1, -0.05) is 18.2 Å². The van der Waals surface area contributed by atoms with Gasteiger partial charge in [-0.25, -0.2) is 5.73 Å². The van der Waals surface area contributed by atoms with E-state index >= 15 is 0 Å². The number of nitrogens with zero attached hydrogens (tertiary/aromatic N) is 3. The Hall–Kier alpha value is -2.15. The molecule has 1 atom stereocenters. The van der Waals surface area contributed by atoms with Gasteiger partial charge in [-0.3, -0.25) is 4.90 Å². The lowest BCUT2D eigenvalue weighted by atomic mass is 10.2. The van der Waals surface area contributed by atoms with Crippen LogP contribution in [-0.4, -0.2) is 48.3 Å². The van der Waals surface area contributed by atoms with E-state index in [4.69, 9.17) is 21.8 Å². The van der Waals surface area contributed by atoms with Crippen molar-refractivity contribution in [1.29, 1.82) is 0 Å². The van der Waals surface area contributed by atoms with E-state index < -0.39 is 5.79 Å². The Bertz CT molecular complexity index is 800. The largest absolute Gasteiger partial charge is 0.450 e. The van der Waals surface area contributed by atoms with Crippen LogP contribution in [0, 0.1) is 4.91 Å². The third-order valence-electron chi connectivity index (χ3n) is 4.37. The van der Waals surface area contributed by atoms with Crippen LogP contribution in [0.3, 0.4) is 0 Å². The van der Waals surface area contributed by atoms with Crippen molar-refractivity contribution in [2.75, 3.05) is 33.7 Å². The summed E-state index contributed by atoms with van der Waals surface area (Å²) in [5.41, 5.74) is 8.06. The lowest BCUT2D eigenvalue weighted by molar-refractivity contribution is -0.633. The van der Waals surface area contributed by atoms with Crippen LogP contribution < -0.4 is 5.73 Å². The number of halogens is 1. The average molecular weight is 362 g/mol. The van der Waals surface area contributed by atoms with Crippen molar-refractivity contribution in [3.05, 3.63) is 64.4 Å². The summed E-state index contributed by atoms with van der Waals surface area (Å²) in [5.74, 6) is -0.363. The zero-order valence-electron chi connectivity index (χ0n) is 14.4. The van der Waals surface area contributed by atoms with Gasteiger partial charge in [-0.2, -0.15) is 0 Å². The normalized spacial score (nSPS) is 20.8. The standard InChI is InChI=1S/C18H22ClN4O2/c1-13-12-23(24)18(20,22(13)11-10-21(2)3)17-9-8-16(25-17)14-4-6-15(19)7-5-14/h4-9H,1,10-12,20H2,2-3H3/q+1. The quantitative estimate of drug-likeness (QED) is 0.829. The molecular weight excluding hydrogens is 340 g/mol. The average Bonchev–Trinajstić information content (AvgIpc) is 3.12. The molecule has 1 aromatic heterocycles. The van der Waals surface area contributed by atoms with E-state index in [9.17, 15) is 4.91 Å². The molecule has 2 aromatic rings. The van der Waals surface area contributed by atoms with Crippen molar-refractivity contribution in [2.45, 2.75) is 5.79 Å².